The fraction of sp³-hybridized carbons (Fsp3) is 0.542. The summed E-state index contributed by atoms with van der Waals surface area (Å²) in [4.78, 5) is 112. The fourth-order valence-electron chi connectivity index (χ4n) is 15.5. The van der Waals surface area contributed by atoms with Crippen LogP contribution in [0.4, 0.5) is 31.4 Å². The second kappa shape index (κ2) is 41.9. The lowest BCUT2D eigenvalue weighted by atomic mass is 9.99. The van der Waals surface area contributed by atoms with Gasteiger partial charge in [-0.3, -0.25) is 14.4 Å². The number of aliphatic hydroxyl groups is 8. The second-order valence-electron chi connectivity index (χ2n) is 30.3. The predicted octanol–water partition coefficient (Wildman–Crippen LogP) is 2.93. The third-order valence-corrected chi connectivity index (χ3v) is 22.0. The molecule has 0 spiro atoms. The van der Waals surface area contributed by atoms with Crippen LogP contribution in [0.15, 0.2) is 91.0 Å². The Morgan fingerprint density at radius 1 is 0.516 bits per heavy atom. The molecule has 6 heterocycles. The normalized spacial score (nSPS) is 26.4. The molecule has 6 aliphatic heterocycles. The van der Waals surface area contributed by atoms with Crippen LogP contribution in [0, 0.1) is 29.6 Å². The van der Waals surface area contributed by atoms with Crippen molar-refractivity contribution in [1.29, 1.82) is 0 Å². The molecule has 0 aromatic heterocycles. The van der Waals surface area contributed by atoms with E-state index in [2.05, 4.69) is 35.6 Å². The number of aliphatic carboxylic acids is 2. The summed E-state index contributed by atoms with van der Waals surface area (Å²) in [7, 11) is 2.71. The Kier molecular flexibility index (Phi) is 31.1. The van der Waals surface area contributed by atoms with Crippen molar-refractivity contribution < 1.29 is 160 Å². The van der Waals surface area contributed by atoms with Crippen molar-refractivity contribution in [3.8, 4) is 46.3 Å². The van der Waals surface area contributed by atoms with E-state index in [4.69, 9.17) is 71.1 Å². The van der Waals surface area contributed by atoms with Gasteiger partial charge in [-0.1, -0.05) is 42.5 Å². The number of methoxy groups -OCH3 is 2. The maximum atomic E-state index is 14.7. The Hall–Kier alpha value is -10.7. The van der Waals surface area contributed by atoms with Crippen LogP contribution in [-0.4, -0.2) is 301 Å². The van der Waals surface area contributed by atoms with Crippen LogP contribution in [-0.2, 0) is 70.2 Å². The van der Waals surface area contributed by atoms with E-state index in [1.807, 2.05) is 0 Å². The maximum Gasteiger partial charge on any atom is 0.416 e. The number of carbonyl (C=O) groups excluding carboxylic acids is 6. The van der Waals surface area contributed by atoms with Gasteiger partial charge in [0.15, 0.2) is 47.7 Å². The van der Waals surface area contributed by atoms with Crippen molar-refractivity contribution >= 4 is 65.0 Å². The topological polar surface area (TPSA) is 514 Å². The average molecular weight is 1710 g/mol. The van der Waals surface area contributed by atoms with Gasteiger partial charge in [-0.15, -0.1) is 11.8 Å². The standard InChI is InChI=1S/C83H102N6O33/c1-44-32-57-75(99)88(82(106)117-41-46-14-17-48(18-15-46)119-79-69(95)65(91)67(93)71(121-79)77(101)102)55-37-62(60(108-3)35-51(55)73(97)86(57)39-44)114-22-10-7-11-23-115-63-38-56-52(36-61(63)109-4)74(98)87-40-45(2)33-58(87)76(100)89(56)83(107)118-42-47-16-19-59(120-80-70(96)66(92)68(94)72(122-80)78(103)104)54(34-47)85-64(90)20-24-110-26-28-112-30-31-113-29-27-111-25-21-84-81(105)116-43-53-49-12-8-5-6-9-13-50(49)53/h14-19,34-38,49-50,53,57-58,65-72,75-76,79-80,91-96,99-100H,1-2,7-13,20-33,39-43H2,3-4H3,(H,84,105)(H,85,90)(H,101,102)(H,103,104)/t49-,50+,53?,57-,58-,65-,66-,67-,68-,69+,70+,71-,72-,75-,76-,79+,80+/m0/s1. The number of benzene rings is 4. The van der Waals surface area contributed by atoms with Gasteiger partial charge in [0.25, 0.3) is 11.8 Å². The molecular weight excluding hydrogens is 1610 g/mol. The number of fused-ring (bicyclic) bond motifs is 5. The minimum Gasteiger partial charge on any atom is -0.493 e. The monoisotopic (exact) mass is 1710 g/mol. The predicted molar refractivity (Wildman–Crippen MR) is 421 cm³/mol. The lowest BCUT2D eigenvalue weighted by molar-refractivity contribution is -0.271. The van der Waals surface area contributed by atoms with Gasteiger partial charge in [-0.05, 0) is 110 Å². The zero-order valence-electron chi connectivity index (χ0n) is 67.1. The Morgan fingerprint density at radius 2 is 0.984 bits per heavy atom. The van der Waals surface area contributed by atoms with E-state index in [0.29, 0.717) is 60.3 Å². The van der Waals surface area contributed by atoms with Gasteiger partial charge in [0.05, 0.1) is 134 Å². The number of hydrogen-bond acceptors (Lipinski definition) is 31. The number of aliphatic hydroxyl groups excluding tert-OH is 8. The molecule has 8 aliphatic rings. The van der Waals surface area contributed by atoms with E-state index in [1.165, 1.54) is 90.7 Å². The fourth-order valence-corrected chi connectivity index (χ4v) is 15.5. The number of alkyl carbamates (subject to hydrolysis) is 1. The minimum absolute atomic E-state index is 0.0209. The van der Waals surface area contributed by atoms with E-state index in [9.17, 15) is 89.4 Å². The van der Waals surface area contributed by atoms with Crippen LogP contribution in [0.5, 0.6) is 34.5 Å². The van der Waals surface area contributed by atoms with Crippen LogP contribution < -0.4 is 48.9 Å². The third kappa shape index (κ3) is 21.8. The minimum atomic E-state index is -2.05. The van der Waals surface area contributed by atoms with Gasteiger partial charge in [0.1, 0.15) is 61.3 Å². The van der Waals surface area contributed by atoms with E-state index in [0.717, 1.165) is 35.5 Å². The molecule has 1 unspecified atom stereocenters. The van der Waals surface area contributed by atoms with E-state index >= 15 is 0 Å². The summed E-state index contributed by atoms with van der Waals surface area (Å²) < 4.78 is 85.4. The van der Waals surface area contributed by atoms with Gasteiger partial charge >= 0.3 is 30.2 Å². The summed E-state index contributed by atoms with van der Waals surface area (Å²) in [5, 5.41) is 111. The van der Waals surface area contributed by atoms with Crippen LogP contribution in [0.1, 0.15) is 96.1 Å². The molecule has 5 fully saturated rings. The van der Waals surface area contributed by atoms with Crippen LogP contribution in [0.25, 0.3) is 0 Å². The highest BCUT2D eigenvalue weighted by Gasteiger charge is 2.53. The van der Waals surface area contributed by atoms with Gasteiger partial charge in [0.2, 0.25) is 18.5 Å². The molecule has 6 amide bonds. The van der Waals surface area contributed by atoms with Crippen molar-refractivity contribution in [2.45, 2.75) is 163 Å². The number of amides is 6. The highest BCUT2D eigenvalue weighted by Crippen LogP contribution is 2.53. The summed E-state index contributed by atoms with van der Waals surface area (Å²) in [6, 6.07) is 13.3. The number of hydrogen-bond donors (Lipinski definition) is 12. The zero-order chi connectivity index (χ0) is 87.0. The number of nitrogens with zero attached hydrogens (tertiary/aromatic N) is 4. The number of carboxylic acid groups (broad SMARTS) is 2. The SMILES string of the molecule is C=C1C[C@H]2[C@H](O)N(C(=O)OCc3ccc(O[C@@H]4O[C@H](C(=O)O)[C@@H](O)[C@H](O)[C@H]4O)cc3)c3cc(OCCCCCOc4cc5c(cc4OC)C(=O)N4CC(=C)C[C@H]4[C@H](O)N5C(=O)OCc4ccc(O[C@@H]5O[C@H](C(=O)O)[C@@H](O)[C@H](O)[C@H]5O)c(NC(=O)CCOCCOCCOCCOCCNC(=O)OCC5[C@H]6CCC#CCC[C@@H]56)c4)c(OC)cc3C(=O)N2C1. The van der Waals surface area contributed by atoms with E-state index in [-0.39, 0.29) is 180 Å². The van der Waals surface area contributed by atoms with Gasteiger partial charge in [-0.2, -0.15) is 0 Å². The zero-order valence-corrected chi connectivity index (χ0v) is 67.1. The van der Waals surface area contributed by atoms with Crippen LogP contribution in [0.2, 0.25) is 0 Å². The number of carboxylic acids is 2. The number of ether oxygens (including phenoxy) is 15. The molecule has 39 nitrogen and oxygen atoms in total. The molecule has 2 aliphatic carbocycles. The molecule has 1 saturated carbocycles. The lowest BCUT2D eigenvalue weighted by Crippen LogP contribution is -2.61. The number of rotatable bonds is 38. The lowest BCUT2D eigenvalue weighted by Gasteiger charge is -2.38. The Labute approximate surface area is 700 Å². The van der Waals surface area contributed by atoms with Gasteiger partial charge < -0.3 is 143 Å². The van der Waals surface area contributed by atoms with E-state index in [1.54, 1.807) is 0 Å². The average Bonchev–Trinajstić information content (AvgIpc) is 1.61. The highest BCUT2D eigenvalue weighted by molar-refractivity contribution is 6.07. The van der Waals surface area contributed by atoms with Crippen molar-refractivity contribution in [3.05, 3.63) is 113 Å². The molecule has 17 atom stereocenters. The molecule has 0 radical (unpaired) electrons. The van der Waals surface area contributed by atoms with Crippen LogP contribution in [0.3, 0.4) is 0 Å². The molecular formula is C83H102N6O33. The van der Waals surface area contributed by atoms with E-state index < -0.39 is 140 Å². The van der Waals surface area contributed by atoms with Gasteiger partial charge in [-0.25, -0.2) is 33.8 Å². The number of anilines is 3. The Balaban J connectivity index is 0.637. The molecule has 12 rings (SSSR count). The Morgan fingerprint density at radius 3 is 1.48 bits per heavy atom. The summed E-state index contributed by atoms with van der Waals surface area (Å²) in [6.07, 6.45) is -20.2. The quantitative estimate of drug-likeness (QED) is 0.0133. The molecule has 12 N–H and O–H groups in total. The molecule has 4 aromatic carbocycles. The summed E-state index contributed by atoms with van der Waals surface area (Å²) >= 11 is 0. The largest absolute Gasteiger partial charge is 0.493 e. The second-order valence-corrected chi connectivity index (χ2v) is 30.3. The number of carbonyl (C=O) groups is 8. The summed E-state index contributed by atoms with van der Waals surface area (Å²) in [6.45, 7) is 9.49. The smallest absolute Gasteiger partial charge is 0.416 e. The highest BCUT2D eigenvalue weighted by atomic mass is 16.7. The first kappa shape index (κ1) is 90.5. The maximum absolute atomic E-state index is 14.7. The molecule has 0 bridgehead atoms. The van der Waals surface area contributed by atoms with Gasteiger partial charge in [0, 0.05) is 44.6 Å². The number of unbranched alkanes of at least 4 members (excludes halogenated alkanes) is 2. The van der Waals surface area contributed by atoms with Crippen molar-refractivity contribution in [2.75, 3.05) is 122 Å². The first-order valence-electron chi connectivity index (χ1n) is 40.0. The number of nitrogens with one attached hydrogen (secondary N) is 2. The molecule has 122 heavy (non-hydrogen) atoms. The third-order valence-electron chi connectivity index (χ3n) is 22.0. The molecule has 4 aromatic rings. The van der Waals surface area contributed by atoms with Crippen molar-refractivity contribution in [1.82, 2.24) is 15.1 Å². The van der Waals surface area contributed by atoms with Crippen molar-refractivity contribution in [2.24, 2.45) is 17.8 Å². The molecule has 39 heteroatoms. The molecule has 4 saturated heterocycles. The van der Waals surface area contributed by atoms with Crippen molar-refractivity contribution in [3.63, 3.8) is 0 Å². The summed E-state index contributed by atoms with van der Waals surface area (Å²) in [5.74, 6) is 3.09. The summed E-state index contributed by atoms with van der Waals surface area (Å²) in [5.41, 5.74) is 1.41. The van der Waals surface area contributed by atoms with Crippen LogP contribution >= 0.6 is 0 Å². The molecule has 662 valence electrons. The first-order chi connectivity index (χ1) is 58.7. The first-order valence-corrected chi connectivity index (χ1v) is 40.0. The Bertz CT molecular complexity index is 4470.